The molecule has 4 nitrogen and oxygen atoms in total. The first-order valence-corrected chi connectivity index (χ1v) is 15.0. The van der Waals surface area contributed by atoms with Crippen molar-refractivity contribution in [2.75, 3.05) is 39.6 Å². The molecule has 0 aliphatic heterocycles. The van der Waals surface area contributed by atoms with E-state index >= 15 is 0 Å². The van der Waals surface area contributed by atoms with Gasteiger partial charge in [0, 0.05) is 0 Å². The highest BCUT2D eigenvalue weighted by Crippen LogP contribution is 2.22. The highest BCUT2D eigenvalue weighted by Gasteiger charge is 2.29. The Morgan fingerprint density at radius 3 is 1.29 bits per heavy atom. The van der Waals surface area contributed by atoms with E-state index < -0.39 is 16.6 Å². The SMILES string of the molecule is C=C(C)COCCO[Si](C)(C)CC[Si](C)(C)OCCOCC(=C)C. The monoisotopic (exact) mass is 374 g/mol. The van der Waals surface area contributed by atoms with Gasteiger partial charge in [0.2, 0.25) is 0 Å². The first-order valence-electron chi connectivity index (χ1n) is 8.76. The second-order valence-corrected chi connectivity index (χ2v) is 16.4. The normalized spacial score (nSPS) is 12.4. The highest BCUT2D eigenvalue weighted by atomic mass is 28.4. The summed E-state index contributed by atoms with van der Waals surface area (Å²) in [7, 11) is -3.30. The Morgan fingerprint density at radius 2 is 1.00 bits per heavy atom. The van der Waals surface area contributed by atoms with Gasteiger partial charge in [0.15, 0.2) is 16.6 Å². The lowest BCUT2D eigenvalue weighted by atomic mass is 10.4. The van der Waals surface area contributed by atoms with Crippen LogP contribution in [0.1, 0.15) is 13.8 Å². The average molecular weight is 375 g/mol. The van der Waals surface area contributed by atoms with Crippen molar-refractivity contribution in [3.63, 3.8) is 0 Å². The summed E-state index contributed by atoms with van der Waals surface area (Å²) < 4.78 is 23.2. The molecule has 0 amide bonds. The van der Waals surface area contributed by atoms with E-state index in [0.29, 0.717) is 39.6 Å². The summed E-state index contributed by atoms with van der Waals surface area (Å²) >= 11 is 0. The molecule has 0 aliphatic rings. The van der Waals surface area contributed by atoms with Gasteiger partial charge in [-0.05, 0) is 52.1 Å². The predicted molar refractivity (Wildman–Crippen MR) is 108 cm³/mol. The van der Waals surface area contributed by atoms with E-state index in [2.05, 4.69) is 39.3 Å². The molecule has 0 aromatic carbocycles. The molecule has 0 aromatic heterocycles. The van der Waals surface area contributed by atoms with E-state index in [1.54, 1.807) is 0 Å². The number of hydrogen-bond donors (Lipinski definition) is 0. The summed E-state index contributed by atoms with van der Waals surface area (Å²) in [5.41, 5.74) is 2.09. The molecular weight excluding hydrogens is 336 g/mol. The van der Waals surface area contributed by atoms with Crippen LogP contribution in [0.5, 0.6) is 0 Å². The van der Waals surface area contributed by atoms with Crippen LogP contribution in [0, 0.1) is 0 Å². The molecule has 0 aromatic rings. The second kappa shape index (κ2) is 12.2. The molecule has 0 unspecified atom stereocenters. The third-order valence-electron chi connectivity index (χ3n) is 3.47. The molecule has 0 aliphatic carbocycles. The van der Waals surface area contributed by atoms with E-state index in [-0.39, 0.29) is 0 Å². The predicted octanol–water partition coefficient (Wildman–Crippen LogP) is 4.62. The number of hydrogen-bond acceptors (Lipinski definition) is 4. The van der Waals surface area contributed by atoms with Crippen LogP contribution in [-0.2, 0) is 18.3 Å². The van der Waals surface area contributed by atoms with Crippen LogP contribution in [-0.4, -0.2) is 56.3 Å². The van der Waals surface area contributed by atoms with Gasteiger partial charge in [0.25, 0.3) is 0 Å². The molecule has 0 fully saturated rings. The number of ether oxygens (including phenoxy) is 2. The zero-order valence-corrected chi connectivity index (χ0v) is 18.7. The van der Waals surface area contributed by atoms with E-state index in [1.807, 2.05) is 13.8 Å². The van der Waals surface area contributed by atoms with Crippen LogP contribution in [0.3, 0.4) is 0 Å². The van der Waals surface area contributed by atoms with Crippen molar-refractivity contribution in [1.29, 1.82) is 0 Å². The van der Waals surface area contributed by atoms with Crippen molar-refractivity contribution >= 4 is 16.6 Å². The number of rotatable bonds is 15. The molecule has 0 radical (unpaired) electrons. The highest BCUT2D eigenvalue weighted by molar-refractivity contribution is 6.76. The Balaban J connectivity index is 3.87. The lowest BCUT2D eigenvalue weighted by Gasteiger charge is -2.28. The summed E-state index contributed by atoms with van der Waals surface area (Å²) in [4.78, 5) is 0. The molecule has 24 heavy (non-hydrogen) atoms. The van der Waals surface area contributed by atoms with Gasteiger partial charge in [-0.2, -0.15) is 0 Å². The summed E-state index contributed by atoms with van der Waals surface area (Å²) in [6.45, 7) is 24.5. The van der Waals surface area contributed by atoms with Crippen LogP contribution in [0.15, 0.2) is 24.3 Å². The van der Waals surface area contributed by atoms with Gasteiger partial charge in [-0.25, -0.2) is 0 Å². The van der Waals surface area contributed by atoms with E-state index in [1.165, 1.54) is 0 Å². The van der Waals surface area contributed by atoms with E-state index in [4.69, 9.17) is 18.3 Å². The fourth-order valence-electron chi connectivity index (χ4n) is 1.99. The van der Waals surface area contributed by atoms with Crippen molar-refractivity contribution in [3.8, 4) is 0 Å². The summed E-state index contributed by atoms with van der Waals surface area (Å²) in [5.74, 6) is 0. The fourth-order valence-corrected chi connectivity index (χ4v) is 8.37. The van der Waals surface area contributed by atoms with Crippen molar-refractivity contribution in [3.05, 3.63) is 24.3 Å². The van der Waals surface area contributed by atoms with Gasteiger partial charge in [-0.15, -0.1) is 0 Å². The third-order valence-corrected chi connectivity index (χ3v) is 8.85. The Labute approximate surface area is 151 Å². The summed E-state index contributed by atoms with van der Waals surface area (Å²) in [6, 6.07) is 2.25. The zero-order valence-electron chi connectivity index (χ0n) is 16.7. The van der Waals surface area contributed by atoms with E-state index in [0.717, 1.165) is 23.2 Å². The average Bonchev–Trinajstić information content (AvgIpc) is 2.44. The molecule has 0 spiro atoms. The zero-order chi connectivity index (χ0) is 18.6. The Hall–Kier alpha value is -0.246. The van der Waals surface area contributed by atoms with Crippen LogP contribution in [0.4, 0.5) is 0 Å². The van der Waals surface area contributed by atoms with Crippen molar-refractivity contribution in [2.45, 2.75) is 52.1 Å². The van der Waals surface area contributed by atoms with Crippen LogP contribution in [0.25, 0.3) is 0 Å². The third kappa shape index (κ3) is 15.3. The summed E-state index contributed by atoms with van der Waals surface area (Å²) in [6.07, 6.45) is 0. The van der Waals surface area contributed by atoms with Gasteiger partial charge in [0.05, 0.1) is 39.6 Å². The molecule has 0 atom stereocenters. The lowest BCUT2D eigenvalue weighted by molar-refractivity contribution is 0.112. The molecule has 0 heterocycles. The molecule has 0 N–H and O–H groups in total. The topological polar surface area (TPSA) is 36.9 Å². The molecule has 0 bridgehead atoms. The first-order chi connectivity index (χ1) is 11.0. The fraction of sp³-hybridized carbons (Fsp3) is 0.778. The van der Waals surface area contributed by atoms with Crippen molar-refractivity contribution < 1.29 is 18.3 Å². The first kappa shape index (κ1) is 23.8. The maximum Gasteiger partial charge on any atom is 0.186 e. The lowest BCUT2D eigenvalue weighted by Crippen LogP contribution is -2.38. The minimum absolute atomic E-state index is 0.618. The molecule has 0 saturated carbocycles. The molecule has 0 rings (SSSR count). The van der Waals surface area contributed by atoms with Gasteiger partial charge in [-0.3, -0.25) is 0 Å². The standard InChI is InChI=1S/C18H38O4Si2/c1-17(2)15-19-9-11-21-23(5,6)13-14-24(7,8)22-12-10-20-16-18(3)4/h1,3,9-16H2,2,4-8H3. The van der Waals surface area contributed by atoms with Gasteiger partial charge in [0.1, 0.15) is 0 Å². The van der Waals surface area contributed by atoms with Crippen LogP contribution >= 0.6 is 0 Å². The van der Waals surface area contributed by atoms with Crippen LogP contribution in [0.2, 0.25) is 38.3 Å². The smallest absolute Gasteiger partial charge is 0.186 e. The summed E-state index contributed by atoms with van der Waals surface area (Å²) in [5, 5.41) is 0. The van der Waals surface area contributed by atoms with Gasteiger partial charge < -0.3 is 18.3 Å². The van der Waals surface area contributed by atoms with Gasteiger partial charge in [-0.1, -0.05) is 24.3 Å². The van der Waals surface area contributed by atoms with Crippen molar-refractivity contribution in [2.24, 2.45) is 0 Å². The Bertz CT molecular complexity index is 345. The van der Waals surface area contributed by atoms with Crippen molar-refractivity contribution in [1.82, 2.24) is 0 Å². The largest absolute Gasteiger partial charge is 0.415 e. The Kier molecular flexibility index (Phi) is 12.0. The Morgan fingerprint density at radius 1 is 0.667 bits per heavy atom. The second-order valence-electron chi connectivity index (χ2n) is 7.74. The maximum absolute atomic E-state index is 6.09. The minimum atomic E-state index is -1.65. The molecule has 142 valence electrons. The molecule has 6 heteroatoms. The minimum Gasteiger partial charge on any atom is -0.415 e. The molecular formula is C18H38O4Si2. The molecule has 0 saturated heterocycles. The maximum atomic E-state index is 6.09. The van der Waals surface area contributed by atoms with Crippen LogP contribution < -0.4 is 0 Å². The van der Waals surface area contributed by atoms with Gasteiger partial charge >= 0.3 is 0 Å². The van der Waals surface area contributed by atoms with E-state index in [9.17, 15) is 0 Å². The quantitative estimate of drug-likeness (QED) is 0.238.